The normalized spacial score (nSPS) is 18.9. The summed E-state index contributed by atoms with van der Waals surface area (Å²) >= 11 is 3.33. The van der Waals surface area contributed by atoms with E-state index in [-0.39, 0.29) is 11.8 Å². The predicted molar refractivity (Wildman–Crippen MR) is 80.1 cm³/mol. The SMILES string of the molecule is NC(=O)[C@H](Cc1ccc(Br)cc1)NC(=O)[C@H]1CCC(=O)N1. The van der Waals surface area contributed by atoms with E-state index in [1.165, 1.54) is 0 Å². The van der Waals surface area contributed by atoms with Crippen LogP contribution in [0.25, 0.3) is 0 Å². The molecule has 1 aromatic carbocycles. The maximum Gasteiger partial charge on any atom is 0.243 e. The molecule has 1 aliphatic rings. The van der Waals surface area contributed by atoms with Crippen LogP contribution in [0.1, 0.15) is 18.4 Å². The maximum absolute atomic E-state index is 12.0. The topological polar surface area (TPSA) is 101 Å². The zero-order valence-corrected chi connectivity index (χ0v) is 12.9. The number of primary amides is 1. The lowest BCUT2D eigenvalue weighted by Gasteiger charge is -2.18. The van der Waals surface area contributed by atoms with Crippen LogP contribution in [0.15, 0.2) is 28.7 Å². The molecule has 7 heteroatoms. The predicted octanol–water partition coefficient (Wildman–Crippen LogP) is 0.240. The molecule has 0 bridgehead atoms. The summed E-state index contributed by atoms with van der Waals surface area (Å²) in [5, 5.41) is 5.16. The first-order chi connectivity index (χ1) is 9.95. The fourth-order valence-corrected chi connectivity index (χ4v) is 2.43. The van der Waals surface area contributed by atoms with E-state index in [1.807, 2.05) is 24.3 Å². The lowest BCUT2D eigenvalue weighted by molar-refractivity contribution is -0.129. The molecule has 1 fully saturated rings. The first-order valence-corrected chi connectivity index (χ1v) is 7.38. The molecule has 112 valence electrons. The third-order valence-corrected chi connectivity index (χ3v) is 3.85. The van der Waals surface area contributed by atoms with Crippen molar-refractivity contribution in [2.45, 2.75) is 31.3 Å². The molecule has 0 unspecified atom stereocenters. The van der Waals surface area contributed by atoms with Gasteiger partial charge in [-0.3, -0.25) is 14.4 Å². The summed E-state index contributed by atoms with van der Waals surface area (Å²) in [6.07, 6.45) is 1.08. The summed E-state index contributed by atoms with van der Waals surface area (Å²) in [4.78, 5) is 34.6. The van der Waals surface area contributed by atoms with E-state index >= 15 is 0 Å². The van der Waals surface area contributed by atoms with E-state index in [4.69, 9.17) is 5.73 Å². The molecule has 0 spiro atoms. The van der Waals surface area contributed by atoms with Gasteiger partial charge in [0.05, 0.1) is 0 Å². The van der Waals surface area contributed by atoms with Gasteiger partial charge in [-0.25, -0.2) is 0 Å². The molecule has 3 amide bonds. The minimum absolute atomic E-state index is 0.154. The molecule has 1 saturated heterocycles. The van der Waals surface area contributed by atoms with Crippen molar-refractivity contribution in [2.24, 2.45) is 5.73 Å². The molecule has 1 aliphatic heterocycles. The zero-order chi connectivity index (χ0) is 15.4. The number of carbonyl (C=O) groups excluding carboxylic acids is 3. The van der Waals surface area contributed by atoms with E-state index in [0.717, 1.165) is 10.0 Å². The van der Waals surface area contributed by atoms with E-state index in [9.17, 15) is 14.4 Å². The standard InChI is InChI=1S/C14H16BrN3O3/c15-9-3-1-8(2-4-9)7-11(13(16)20)18-14(21)10-5-6-12(19)17-10/h1-4,10-11H,5-7H2,(H2,16,20)(H,17,19)(H,18,21)/t10-,11+/m1/s1. The summed E-state index contributed by atoms with van der Waals surface area (Å²) in [5.41, 5.74) is 6.23. The summed E-state index contributed by atoms with van der Waals surface area (Å²) in [5.74, 6) is -1.13. The molecule has 6 nitrogen and oxygen atoms in total. The number of carbonyl (C=O) groups is 3. The van der Waals surface area contributed by atoms with Crippen LogP contribution in [0, 0.1) is 0 Å². The van der Waals surface area contributed by atoms with E-state index in [2.05, 4.69) is 26.6 Å². The summed E-state index contributed by atoms with van der Waals surface area (Å²) in [7, 11) is 0. The minimum atomic E-state index is -0.795. The first-order valence-electron chi connectivity index (χ1n) is 6.59. The van der Waals surface area contributed by atoms with E-state index in [0.29, 0.717) is 19.3 Å². The van der Waals surface area contributed by atoms with Gasteiger partial charge in [0.1, 0.15) is 12.1 Å². The van der Waals surface area contributed by atoms with Crippen molar-refractivity contribution in [1.82, 2.24) is 10.6 Å². The molecule has 2 atom stereocenters. The van der Waals surface area contributed by atoms with Gasteiger partial charge in [0, 0.05) is 17.3 Å². The molecular weight excluding hydrogens is 338 g/mol. The minimum Gasteiger partial charge on any atom is -0.368 e. The average Bonchev–Trinajstić information content (AvgIpc) is 2.87. The smallest absolute Gasteiger partial charge is 0.243 e. The molecular formula is C14H16BrN3O3. The molecule has 0 radical (unpaired) electrons. The first kappa shape index (κ1) is 15.5. The maximum atomic E-state index is 12.0. The lowest BCUT2D eigenvalue weighted by atomic mass is 10.0. The van der Waals surface area contributed by atoms with Crippen LogP contribution in [0.2, 0.25) is 0 Å². The van der Waals surface area contributed by atoms with Crippen molar-refractivity contribution < 1.29 is 14.4 Å². The Morgan fingerprint density at radius 2 is 2.05 bits per heavy atom. The van der Waals surface area contributed by atoms with Gasteiger partial charge in [-0.05, 0) is 24.1 Å². The summed E-state index contributed by atoms with van der Waals surface area (Å²) < 4.78 is 0.930. The van der Waals surface area contributed by atoms with Gasteiger partial charge in [0.2, 0.25) is 17.7 Å². The van der Waals surface area contributed by atoms with Gasteiger partial charge in [-0.2, -0.15) is 0 Å². The Labute approximate surface area is 130 Å². The van der Waals surface area contributed by atoms with Crippen LogP contribution >= 0.6 is 15.9 Å². The second-order valence-electron chi connectivity index (χ2n) is 4.95. The fraction of sp³-hybridized carbons (Fsp3) is 0.357. The van der Waals surface area contributed by atoms with Crippen LogP contribution in [0.3, 0.4) is 0 Å². The van der Waals surface area contributed by atoms with Crippen LogP contribution in [-0.4, -0.2) is 29.8 Å². The Morgan fingerprint density at radius 3 is 2.57 bits per heavy atom. The Kier molecular flexibility index (Phi) is 4.95. The van der Waals surface area contributed by atoms with Crippen molar-refractivity contribution in [3.8, 4) is 0 Å². The number of nitrogens with two attached hydrogens (primary N) is 1. The molecule has 21 heavy (non-hydrogen) atoms. The number of nitrogens with one attached hydrogen (secondary N) is 2. The van der Waals surface area contributed by atoms with E-state index in [1.54, 1.807) is 0 Å². The van der Waals surface area contributed by atoms with Crippen molar-refractivity contribution >= 4 is 33.7 Å². The third-order valence-electron chi connectivity index (χ3n) is 3.32. The number of benzene rings is 1. The molecule has 0 saturated carbocycles. The van der Waals surface area contributed by atoms with Crippen LogP contribution in [-0.2, 0) is 20.8 Å². The van der Waals surface area contributed by atoms with Gasteiger partial charge in [-0.1, -0.05) is 28.1 Å². The van der Waals surface area contributed by atoms with Crippen molar-refractivity contribution in [3.63, 3.8) is 0 Å². The highest BCUT2D eigenvalue weighted by atomic mass is 79.9. The Bertz CT molecular complexity index is 559. The van der Waals surface area contributed by atoms with Crippen molar-refractivity contribution in [1.29, 1.82) is 0 Å². The van der Waals surface area contributed by atoms with Gasteiger partial charge < -0.3 is 16.4 Å². The Balaban J connectivity index is 1.99. The average molecular weight is 354 g/mol. The lowest BCUT2D eigenvalue weighted by Crippen LogP contribution is -2.51. The molecule has 1 heterocycles. The molecule has 0 aromatic heterocycles. The monoisotopic (exact) mass is 353 g/mol. The summed E-state index contributed by atoms with van der Waals surface area (Å²) in [6.45, 7) is 0. The second-order valence-corrected chi connectivity index (χ2v) is 5.87. The quantitative estimate of drug-likeness (QED) is 0.706. The Hall–Kier alpha value is -1.89. The number of halogens is 1. The van der Waals surface area contributed by atoms with Gasteiger partial charge in [0.25, 0.3) is 0 Å². The number of hydrogen-bond donors (Lipinski definition) is 3. The van der Waals surface area contributed by atoms with Gasteiger partial charge in [0.15, 0.2) is 0 Å². The third kappa shape index (κ3) is 4.29. The number of rotatable bonds is 5. The van der Waals surface area contributed by atoms with Crippen LogP contribution < -0.4 is 16.4 Å². The van der Waals surface area contributed by atoms with Crippen molar-refractivity contribution in [2.75, 3.05) is 0 Å². The van der Waals surface area contributed by atoms with E-state index < -0.39 is 18.0 Å². The summed E-state index contributed by atoms with van der Waals surface area (Å²) in [6, 6.07) is 6.03. The van der Waals surface area contributed by atoms with Gasteiger partial charge >= 0.3 is 0 Å². The number of hydrogen-bond acceptors (Lipinski definition) is 3. The fourth-order valence-electron chi connectivity index (χ4n) is 2.16. The molecule has 1 aromatic rings. The number of amides is 3. The largest absolute Gasteiger partial charge is 0.368 e. The highest BCUT2D eigenvalue weighted by Gasteiger charge is 2.29. The van der Waals surface area contributed by atoms with Crippen molar-refractivity contribution in [3.05, 3.63) is 34.3 Å². The highest BCUT2D eigenvalue weighted by Crippen LogP contribution is 2.12. The second kappa shape index (κ2) is 6.71. The zero-order valence-electron chi connectivity index (χ0n) is 11.3. The highest BCUT2D eigenvalue weighted by molar-refractivity contribution is 9.10. The Morgan fingerprint density at radius 1 is 1.38 bits per heavy atom. The molecule has 0 aliphatic carbocycles. The van der Waals surface area contributed by atoms with Gasteiger partial charge in [-0.15, -0.1) is 0 Å². The molecule has 4 N–H and O–H groups in total. The van der Waals surface area contributed by atoms with Crippen LogP contribution in [0.4, 0.5) is 0 Å². The van der Waals surface area contributed by atoms with Crippen LogP contribution in [0.5, 0.6) is 0 Å². The molecule has 2 rings (SSSR count).